The summed E-state index contributed by atoms with van der Waals surface area (Å²) in [6, 6.07) is 9.26. The van der Waals surface area contributed by atoms with Crippen LogP contribution < -0.4 is 5.73 Å². The predicted molar refractivity (Wildman–Crippen MR) is 104 cm³/mol. The maximum atomic E-state index is 14.4. The van der Waals surface area contributed by atoms with E-state index < -0.39 is 36.9 Å². The first-order chi connectivity index (χ1) is 13.3. The Morgan fingerprint density at radius 1 is 1.10 bits per heavy atom. The molecular formula is C19H22F4NO3PS. The Morgan fingerprint density at radius 3 is 2.34 bits per heavy atom. The molecule has 0 heterocycles. The number of alkyl halides is 3. The lowest BCUT2D eigenvalue weighted by molar-refractivity contribution is -0.137. The third kappa shape index (κ3) is 8.10. The average molecular weight is 451 g/mol. The van der Waals surface area contributed by atoms with Crippen molar-refractivity contribution in [1.82, 2.24) is 0 Å². The molecule has 0 aliphatic carbocycles. The van der Waals surface area contributed by atoms with Gasteiger partial charge in [-0.05, 0) is 62.1 Å². The van der Waals surface area contributed by atoms with Crippen LogP contribution in [0.2, 0.25) is 0 Å². The van der Waals surface area contributed by atoms with Gasteiger partial charge in [-0.3, -0.25) is 4.57 Å². The van der Waals surface area contributed by atoms with E-state index in [0.29, 0.717) is 34.6 Å². The van der Waals surface area contributed by atoms with E-state index in [4.69, 9.17) is 15.5 Å². The minimum absolute atomic E-state index is 0.304. The summed E-state index contributed by atoms with van der Waals surface area (Å²) >= 11 is 1.03. The summed E-state index contributed by atoms with van der Waals surface area (Å²) in [6.07, 6.45) is -3.82. The van der Waals surface area contributed by atoms with Crippen LogP contribution in [0.1, 0.15) is 30.9 Å². The molecule has 2 rings (SSSR count). The van der Waals surface area contributed by atoms with Gasteiger partial charge in [0.15, 0.2) is 0 Å². The fraction of sp³-hybridized carbons (Fsp3) is 0.368. The van der Waals surface area contributed by atoms with Crippen molar-refractivity contribution in [3.8, 4) is 0 Å². The third-order valence-electron chi connectivity index (χ3n) is 4.18. The van der Waals surface area contributed by atoms with Gasteiger partial charge in [-0.1, -0.05) is 23.9 Å². The lowest BCUT2D eigenvalue weighted by Crippen LogP contribution is -2.40. The lowest BCUT2D eigenvalue weighted by Gasteiger charge is -2.24. The molecule has 0 unspecified atom stereocenters. The van der Waals surface area contributed by atoms with Crippen molar-refractivity contribution in [2.45, 2.75) is 47.7 Å². The first-order valence-corrected chi connectivity index (χ1v) is 11.3. The molecule has 160 valence electrons. The molecule has 0 spiro atoms. The van der Waals surface area contributed by atoms with Crippen LogP contribution >= 0.6 is 19.4 Å². The van der Waals surface area contributed by atoms with Crippen LogP contribution in [-0.2, 0) is 17.2 Å². The molecule has 10 heteroatoms. The second-order valence-corrected chi connectivity index (χ2v) is 10.0. The number of aryl methyl sites for hydroxylation is 1. The maximum Gasteiger partial charge on any atom is 0.416 e. The number of nitrogens with two attached hydrogens (primary N) is 1. The van der Waals surface area contributed by atoms with Gasteiger partial charge in [-0.15, -0.1) is 0 Å². The van der Waals surface area contributed by atoms with Gasteiger partial charge in [-0.2, -0.15) is 13.2 Å². The van der Waals surface area contributed by atoms with Crippen molar-refractivity contribution in [2.24, 2.45) is 5.73 Å². The van der Waals surface area contributed by atoms with E-state index in [2.05, 4.69) is 0 Å². The van der Waals surface area contributed by atoms with E-state index in [-0.39, 0.29) is 0 Å². The average Bonchev–Trinajstić information content (AvgIpc) is 2.54. The quantitative estimate of drug-likeness (QED) is 0.379. The Kier molecular flexibility index (Phi) is 7.57. The van der Waals surface area contributed by atoms with Crippen LogP contribution in [0.25, 0.3) is 0 Å². The molecule has 0 fully saturated rings. The number of rotatable bonds is 8. The number of benzene rings is 2. The Hall–Kier alpha value is -1.38. The Balaban J connectivity index is 1.99. The second kappa shape index (κ2) is 9.18. The van der Waals surface area contributed by atoms with Crippen molar-refractivity contribution in [2.75, 3.05) is 6.16 Å². The SMILES string of the molecule is C[C@@](N)(CCCc1ccc(Sc2cccc(C(F)(F)F)c2)cc1F)CP(=O)(O)O. The summed E-state index contributed by atoms with van der Waals surface area (Å²) in [5, 5.41) is 0. The highest BCUT2D eigenvalue weighted by Gasteiger charge is 2.30. The summed E-state index contributed by atoms with van der Waals surface area (Å²) in [5.41, 5.74) is 4.47. The molecular weight excluding hydrogens is 429 g/mol. The van der Waals surface area contributed by atoms with Crippen molar-refractivity contribution in [3.05, 3.63) is 59.4 Å². The highest BCUT2D eigenvalue weighted by Crippen LogP contribution is 2.39. The van der Waals surface area contributed by atoms with Gasteiger partial charge in [0, 0.05) is 15.3 Å². The molecule has 2 aromatic carbocycles. The van der Waals surface area contributed by atoms with Crippen LogP contribution in [0.15, 0.2) is 52.3 Å². The highest BCUT2D eigenvalue weighted by molar-refractivity contribution is 7.99. The Bertz CT molecular complexity index is 899. The zero-order valence-corrected chi connectivity index (χ0v) is 17.3. The van der Waals surface area contributed by atoms with Gasteiger partial charge in [0.05, 0.1) is 11.7 Å². The van der Waals surface area contributed by atoms with E-state index in [1.165, 1.54) is 25.1 Å². The summed E-state index contributed by atoms with van der Waals surface area (Å²) in [7, 11) is -4.24. The molecule has 0 bridgehead atoms. The van der Waals surface area contributed by atoms with E-state index in [0.717, 1.165) is 23.9 Å². The minimum atomic E-state index is -4.44. The predicted octanol–water partition coefficient (Wildman–Crippen LogP) is 5.21. The van der Waals surface area contributed by atoms with Crippen LogP contribution in [0.4, 0.5) is 17.6 Å². The Labute approximate surface area is 170 Å². The molecule has 4 nitrogen and oxygen atoms in total. The third-order valence-corrected chi connectivity index (χ3v) is 6.30. The van der Waals surface area contributed by atoms with E-state index >= 15 is 0 Å². The molecule has 0 amide bonds. The van der Waals surface area contributed by atoms with Crippen LogP contribution in [0, 0.1) is 5.82 Å². The minimum Gasteiger partial charge on any atom is -0.325 e. The number of hydrogen-bond donors (Lipinski definition) is 3. The smallest absolute Gasteiger partial charge is 0.325 e. The molecule has 0 saturated carbocycles. The second-order valence-electron chi connectivity index (χ2n) is 7.21. The van der Waals surface area contributed by atoms with Gasteiger partial charge < -0.3 is 15.5 Å². The lowest BCUT2D eigenvalue weighted by atomic mass is 9.96. The first kappa shape index (κ1) is 23.9. The monoisotopic (exact) mass is 451 g/mol. The Morgan fingerprint density at radius 2 is 1.76 bits per heavy atom. The van der Waals surface area contributed by atoms with Crippen molar-refractivity contribution >= 4 is 19.4 Å². The summed E-state index contributed by atoms with van der Waals surface area (Å²) in [6.45, 7) is 1.54. The van der Waals surface area contributed by atoms with Crippen molar-refractivity contribution < 1.29 is 31.9 Å². The zero-order valence-electron chi connectivity index (χ0n) is 15.6. The fourth-order valence-electron chi connectivity index (χ4n) is 2.90. The maximum absolute atomic E-state index is 14.4. The molecule has 0 aromatic heterocycles. The van der Waals surface area contributed by atoms with Crippen LogP contribution in [0.5, 0.6) is 0 Å². The molecule has 2 aromatic rings. The van der Waals surface area contributed by atoms with Crippen molar-refractivity contribution in [1.29, 1.82) is 0 Å². The highest BCUT2D eigenvalue weighted by atomic mass is 32.2. The summed E-state index contributed by atoms with van der Waals surface area (Å²) in [4.78, 5) is 18.9. The van der Waals surface area contributed by atoms with Gasteiger partial charge in [0.1, 0.15) is 5.82 Å². The number of halogens is 4. The van der Waals surface area contributed by atoms with E-state index in [1.54, 1.807) is 12.1 Å². The van der Waals surface area contributed by atoms with Gasteiger partial charge in [-0.25, -0.2) is 4.39 Å². The van der Waals surface area contributed by atoms with Crippen LogP contribution in [-0.4, -0.2) is 21.5 Å². The number of hydrogen-bond acceptors (Lipinski definition) is 3. The molecule has 0 saturated heterocycles. The zero-order chi connectivity index (χ0) is 21.9. The van der Waals surface area contributed by atoms with E-state index in [1.807, 2.05) is 0 Å². The summed E-state index contributed by atoms with van der Waals surface area (Å²) in [5.74, 6) is -0.490. The molecule has 4 N–H and O–H groups in total. The van der Waals surface area contributed by atoms with Gasteiger partial charge in [0.2, 0.25) is 0 Å². The molecule has 0 aliphatic rings. The van der Waals surface area contributed by atoms with Gasteiger partial charge >= 0.3 is 13.8 Å². The topological polar surface area (TPSA) is 83.6 Å². The summed E-state index contributed by atoms with van der Waals surface area (Å²) < 4.78 is 63.8. The molecule has 0 radical (unpaired) electrons. The molecule has 0 aliphatic heterocycles. The van der Waals surface area contributed by atoms with Crippen molar-refractivity contribution in [3.63, 3.8) is 0 Å². The first-order valence-electron chi connectivity index (χ1n) is 8.72. The largest absolute Gasteiger partial charge is 0.416 e. The fourth-order valence-corrected chi connectivity index (χ4v) is 4.90. The standard InChI is InChI=1S/C19H22F4NO3PS/c1-18(24,12-28(25,26)27)9-3-4-13-7-8-16(11-17(13)20)29-15-6-2-5-14(10-15)19(21,22)23/h2,5-8,10-11H,3-4,9,12,24H2,1H3,(H2,25,26,27)/t18-/m1/s1. The van der Waals surface area contributed by atoms with Gasteiger partial charge in [0.25, 0.3) is 0 Å². The molecule has 1 atom stereocenters. The van der Waals surface area contributed by atoms with E-state index in [9.17, 15) is 22.1 Å². The molecule has 29 heavy (non-hydrogen) atoms. The van der Waals surface area contributed by atoms with Crippen LogP contribution in [0.3, 0.4) is 0 Å². The normalized spacial score (nSPS) is 14.6.